The molecule has 2 aromatic heterocycles. The largest absolute Gasteiger partial charge is 0.515 e. The van der Waals surface area contributed by atoms with Gasteiger partial charge in [-0.3, -0.25) is 10.1 Å². The van der Waals surface area contributed by atoms with Gasteiger partial charge in [0.1, 0.15) is 16.8 Å². The lowest BCUT2D eigenvalue weighted by Crippen LogP contribution is -2.14. The lowest BCUT2D eigenvalue weighted by Gasteiger charge is -2.14. The highest BCUT2D eigenvalue weighted by atomic mass is 32.1. The number of ether oxygens (including phenoxy) is 3. The number of hydrogen-bond acceptors (Lipinski definition) is 9. The molecule has 0 fully saturated rings. The molecule has 11 heteroatoms. The highest BCUT2D eigenvalue weighted by Crippen LogP contribution is 2.45. The van der Waals surface area contributed by atoms with Gasteiger partial charge in [-0.05, 0) is 36.8 Å². The molecule has 0 aliphatic heterocycles. The highest BCUT2D eigenvalue weighted by molar-refractivity contribution is 7.00. The summed E-state index contributed by atoms with van der Waals surface area (Å²) in [5.74, 6) is 0.705. The fourth-order valence-corrected chi connectivity index (χ4v) is 4.66. The number of methoxy groups -OCH3 is 1. The minimum atomic E-state index is -0.883. The predicted octanol–water partition coefficient (Wildman–Crippen LogP) is 5.81. The third kappa shape index (κ3) is 4.20. The molecule has 0 N–H and O–H groups in total. The first-order valence-corrected chi connectivity index (χ1v) is 11.7. The molecule has 5 rings (SSSR count). The van der Waals surface area contributed by atoms with E-state index in [9.17, 15) is 14.9 Å². The zero-order chi connectivity index (χ0) is 25.2. The van der Waals surface area contributed by atoms with E-state index in [4.69, 9.17) is 14.2 Å². The average Bonchev–Trinajstić information content (AvgIpc) is 3.46. The first-order chi connectivity index (χ1) is 17.5. The number of non-ortho nitro benzene ring substituents is 1. The Hall–Kier alpha value is -4.51. The molecule has 36 heavy (non-hydrogen) atoms. The molecule has 0 spiro atoms. The Bertz CT molecular complexity index is 1610. The molecular weight excluding hydrogens is 484 g/mol. The normalized spacial score (nSPS) is 11.1. The molecule has 0 unspecified atom stereocenters. The van der Waals surface area contributed by atoms with Crippen molar-refractivity contribution in [2.24, 2.45) is 0 Å². The highest BCUT2D eigenvalue weighted by Gasteiger charge is 2.26. The van der Waals surface area contributed by atoms with E-state index in [0.29, 0.717) is 34.3 Å². The van der Waals surface area contributed by atoms with Crippen LogP contribution in [-0.2, 0) is 11.3 Å². The number of nitrogens with zero attached hydrogens (tertiary/aromatic N) is 4. The van der Waals surface area contributed by atoms with E-state index in [1.54, 1.807) is 23.6 Å². The summed E-state index contributed by atoms with van der Waals surface area (Å²) < 4.78 is 26.7. The van der Waals surface area contributed by atoms with E-state index in [-0.39, 0.29) is 18.2 Å². The van der Waals surface area contributed by atoms with Crippen molar-refractivity contribution in [2.45, 2.75) is 13.5 Å². The van der Waals surface area contributed by atoms with Crippen molar-refractivity contribution >= 4 is 45.5 Å². The number of rotatable bonds is 7. The second kappa shape index (κ2) is 9.62. The summed E-state index contributed by atoms with van der Waals surface area (Å²) in [4.78, 5) is 23.7. The van der Waals surface area contributed by atoms with Crippen molar-refractivity contribution in [3.05, 3.63) is 76.3 Å². The van der Waals surface area contributed by atoms with Crippen LogP contribution in [0.5, 0.6) is 11.6 Å². The summed E-state index contributed by atoms with van der Waals surface area (Å²) in [6.07, 6.45) is -0.883. The average molecular weight is 505 g/mol. The minimum absolute atomic E-state index is 0.0894. The van der Waals surface area contributed by atoms with Gasteiger partial charge in [-0.25, -0.2) is 4.79 Å². The van der Waals surface area contributed by atoms with E-state index >= 15 is 0 Å². The van der Waals surface area contributed by atoms with E-state index in [2.05, 4.69) is 8.75 Å². The molecule has 2 heterocycles. The molecular formula is C25H20N4O6S. The molecule has 5 aromatic rings. The summed E-state index contributed by atoms with van der Waals surface area (Å²) in [6, 6.07) is 17.4. The van der Waals surface area contributed by atoms with Crippen molar-refractivity contribution in [1.82, 2.24) is 13.3 Å². The Morgan fingerprint density at radius 2 is 1.89 bits per heavy atom. The monoisotopic (exact) mass is 504 g/mol. The number of para-hydroxylation sites is 1. The van der Waals surface area contributed by atoms with Crippen LogP contribution >= 0.6 is 11.7 Å². The molecule has 3 aromatic carbocycles. The summed E-state index contributed by atoms with van der Waals surface area (Å²) in [5, 5.41) is 12.1. The van der Waals surface area contributed by atoms with Gasteiger partial charge in [0, 0.05) is 23.1 Å². The van der Waals surface area contributed by atoms with Crippen molar-refractivity contribution in [2.75, 3.05) is 13.7 Å². The van der Waals surface area contributed by atoms with Crippen molar-refractivity contribution < 1.29 is 23.9 Å². The summed E-state index contributed by atoms with van der Waals surface area (Å²) in [7, 11) is 1.53. The lowest BCUT2D eigenvalue weighted by atomic mass is 10.0. The second-order valence-electron chi connectivity index (χ2n) is 7.80. The van der Waals surface area contributed by atoms with Gasteiger partial charge in [-0.1, -0.05) is 24.3 Å². The zero-order valence-corrected chi connectivity index (χ0v) is 20.2. The number of nitro groups is 1. The van der Waals surface area contributed by atoms with E-state index in [1.807, 2.05) is 36.4 Å². The molecule has 182 valence electrons. The van der Waals surface area contributed by atoms with Crippen molar-refractivity contribution in [1.29, 1.82) is 0 Å². The van der Waals surface area contributed by atoms with Gasteiger partial charge >= 0.3 is 6.16 Å². The molecule has 0 atom stereocenters. The van der Waals surface area contributed by atoms with Gasteiger partial charge in [0.25, 0.3) is 5.69 Å². The van der Waals surface area contributed by atoms with Crippen molar-refractivity contribution in [3.8, 4) is 22.8 Å². The third-order valence-corrected chi connectivity index (χ3v) is 6.24. The molecule has 10 nitrogen and oxygen atoms in total. The first kappa shape index (κ1) is 23.2. The van der Waals surface area contributed by atoms with Crippen LogP contribution in [0.15, 0.2) is 60.7 Å². The molecule has 0 aliphatic carbocycles. The van der Waals surface area contributed by atoms with Crippen LogP contribution in [-0.4, -0.2) is 38.1 Å². The van der Waals surface area contributed by atoms with Gasteiger partial charge in [0.15, 0.2) is 0 Å². The van der Waals surface area contributed by atoms with Gasteiger partial charge in [-0.15, -0.1) is 0 Å². The Kier molecular flexibility index (Phi) is 6.21. The number of fused-ring (bicyclic) bond motifs is 2. The third-order valence-electron chi connectivity index (χ3n) is 5.69. The summed E-state index contributed by atoms with van der Waals surface area (Å²) in [6.45, 7) is 2.10. The van der Waals surface area contributed by atoms with Crippen LogP contribution < -0.4 is 9.47 Å². The Morgan fingerprint density at radius 1 is 1.08 bits per heavy atom. The Balaban J connectivity index is 1.79. The molecule has 0 amide bonds. The topological polar surface area (TPSA) is 119 Å². The molecule has 0 radical (unpaired) electrons. The second-order valence-corrected chi connectivity index (χ2v) is 8.33. The number of benzene rings is 3. The van der Waals surface area contributed by atoms with E-state index in [0.717, 1.165) is 28.3 Å². The summed E-state index contributed by atoms with van der Waals surface area (Å²) in [5.41, 5.74) is 4.06. The van der Waals surface area contributed by atoms with E-state index < -0.39 is 11.1 Å². The predicted molar refractivity (Wildman–Crippen MR) is 135 cm³/mol. The molecule has 0 saturated heterocycles. The number of hydrogen-bond donors (Lipinski definition) is 0. The Morgan fingerprint density at radius 3 is 2.67 bits per heavy atom. The van der Waals surface area contributed by atoms with Crippen LogP contribution in [0, 0.1) is 10.1 Å². The fraction of sp³-hybridized carbons (Fsp3) is 0.160. The van der Waals surface area contributed by atoms with Gasteiger partial charge in [-0.2, -0.15) is 8.75 Å². The van der Waals surface area contributed by atoms with Crippen LogP contribution in [0.2, 0.25) is 0 Å². The minimum Gasteiger partial charge on any atom is -0.496 e. The molecule has 0 bridgehead atoms. The Labute approximate surface area is 209 Å². The maximum Gasteiger partial charge on any atom is 0.515 e. The van der Waals surface area contributed by atoms with Crippen LogP contribution in [0.1, 0.15) is 12.5 Å². The summed E-state index contributed by atoms with van der Waals surface area (Å²) >= 11 is 1.13. The molecule has 0 aliphatic rings. The smallest absolute Gasteiger partial charge is 0.496 e. The molecule has 0 saturated carbocycles. The zero-order valence-electron chi connectivity index (χ0n) is 19.3. The van der Waals surface area contributed by atoms with Crippen LogP contribution in [0.25, 0.3) is 33.1 Å². The maximum atomic E-state index is 12.5. The van der Waals surface area contributed by atoms with Gasteiger partial charge < -0.3 is 18.8 Å². The van der Waals surface area contributed by atoms with E-state index in [1.165, 1.54) is 19.2 Å². The first-order valence-electron chi connectivity index (χ1n) is 11.0. The fourth-order valence-electron chi connectivity index (χ4n) is 4.14. The van der Waals surface area contributed by atoms with Gasteiger partial charge in [0.2, 0.25) is 5.88 Å². The quantitative estimate of drug-likeness (QED) is 0.155. The number of aromatic nitrogens is 3. The SMILES string of the molecule is CCOC(=O)Oc1c(-c2ccccc2OC)c2cc([N+](=O)[O-])ccc2n1Cc1ccc2nsnc2c1. The van der Waals surface area contributed by atoms with Gasteiger partial charge in [0.05, 0.1) is 48.0 Å². The van der Waals surface area contributed by atoms with Crippen molar-refractivity contribution in [3.63, 3.8) is 0 Å². The number of carbonyl (C=O) groups excluding carboxylic acids is 1. The standard InChI is InChI=1S/C25H20N4O6S/c1-3-34-25(30)35-24-23(17-6-4-5-7-22(17)33-2)18-13-16(29(31)32)9-11-21(18)28(24)14-15-8-10-19-20(12-15)27-36-26-19/h4-13H,3,14H2,1-2H3. The lowest BCUT2D eigenvalue weighted by molar-refractivity contribution is -0.384. The maximum absolute atomic E-state index is 12.5. The van der Waals surface area contributed by atoms with Crippen LogP contribution in [0.4, 0.5) is 10.5 Å². The number of nitro benzene ring substituents is 1. The van der Waals surface area contributed by atoms with Crippen LogP contribution in [0.3, 0.4) is 0 Å². The number of carbonyl (C=O) groups is 1.